The molecule has 2 saturated heterocycles. The summed E-state index contributed by atoms with van der Waals surface area (Å²) in [5.41, 5.74) is 0.504. The van der Waals surface area contributed by atoms with Crippen LogP contribution >= 0.6 is 0 Å². The summed E-state index contributed by atoms with van der Waals surface area (Å²) in [4.78, 5) is 42.4. The van der Waals surface area contributed by atoms with Crippen LogP contribution in [0.2, 0.25) is 0 Å². The van der Waals surface area contributed by atoms with Gasteiger partial charge in [0.25, 0.3) is 5.91 Å². The predicted octanol–water partition coefficient (Wildman–Crippen LogP) is 2.70. The number of hydrogen-bond acceptors (Lipinski definition) is 4. The van der Waals surface area contributed by atoms with Crippen molar-refractivity contribution in [2.24, 2.45) is 11.8 Å². The van der Waals surface area contributed by atoms with Gasteiger partial charge in [0.05, 0.1) is 7.11 Å². The molecule has 2 aliphatic heterocycles. The van der Waals surface area contributed by atoms with E-state index in [1.165, 1.54) is 0 Å². The first-order valence-corrected chi connectivity index (χ1v) is 11.4. The van der Waals surface area contributed by atoms with Crippen LogP contribution in [0.3, 0.4) is 0 Å². The Morgan fingerprint density at radius 3 is 2.16 bits per heavy atom. The Morgan fingerprint density at radius 1 is 1.00 bits per heavy atom. The van der Waals surface area contributed by atoms with Gasteiger partial charge in [0.2, 0.25) is 11.8 Å². The average Bonchev–Trinajstić information content (AvgIpc) is 3.31. The van der Waals surface area contributed by atoms with E-state index in [0.717, 1.165) is 38.8 Å². The maximum absolute atomic E-state index is 13.3. The summed E-state index contributed by atoms with van der Waals surface area (Å²) in [7, 11) is 1.58. The van der Waals surface area contributed by atoms with Crippen LogP contribution in [-0.2, 0) is 9.59 Å². The van der Waals surface area contributed by atoms with Crippen molar-refractivity contribution in [3.63, 3.8) is 0 Å². The van der Waals surface area contributed by atoms with E-state index >= 15 is 0 Å². The second-order valence-electron chi connectivity index (χ2n) is 9.03. The maximum atomic E-state index is 13.3. The molecule has 0 radical (unpaired) electrons. The SMILES string of the molecule is COc1ccc(C(=O)NC(C(=O)N2CCCC2)C2CCN(C(=O)CC(C)C)CC2)cc1. The van der Waals surface area contributed by atoms with Crippen LogP contribution < -0.4 is 10.1 Å². The largest absolute Gasteiger partial charge is 0.497 e. The van der Waals surface area contributed by atoms with Crippen molar-refractivity contribution < 1.29 is 19.1 Å². The number of ether oxygens (including phenoxy) is 1. The topological polar surface area (TPSA) is 79.0 Å². The lowest BCUT2D eigenvalue weighted by Crippen LogP contribution is -2.54. The fourth-order valence-electron chi connectivity index (χ4n) is 4.44. The zero-order chi connectivity index (χ0) is 22.4. The van der Waals surface area contributed by atoms with E-state index in [1.54, 1.807) is 31.4 Å². The van der Waals surface area contributed by atoms with Gasteiger partial charge in [-0.25, -0.2) is 0 Å². The molecule has 3 amide bonds. The van der Waals surface area contributed by atoms with Gasteiger partial charge in [-0.15, -0.1) is 0 Å². The number of rotatable bonds is 7. The Kier molecular flexibility index (Phi) is 7.93. The molecule has 1 atom stereocenters. The lowest BCUT2D eigenvalue weighted by atomic mass is 9.88. The van der Waals surface area contributed by atoms with Crippen LogP contribution in [-0.4, -0.2) is 66.9 Å². The predicted molar refractivity (Wildman–Crippen MR) is 119 cm³/mol. The number of benzene rings is 1. The van der Waals surface area contributed by atoms with Crippen molar-refractivity contribution in [3.8, 4) is 5.75 Å². The minimum Gasteiger partial charge on any atom is -0.497 e. The third-order valence-electron chi connectivity index (χ3n) is 6.27. The number of piperidine rings is 1. The Morgan fingerprint density at radius 2 is 1.61 bits per heavy atom. The van der Waals surface area contributed by atoms with Crippen LogP contribution in [0.4, 0.5) is 0 Å². The standard InChI is InChI=1S/C24H35N3O4/c1-17(2)16-21(28)26-14-10-18(11-15-26)22(24(30)27-12-4-5-13-27)25-23(29)19-6-8-20(31-3)9-7-19/h6-9,17-18,22H,4-5,10-16H2,1-3H3,(H,25,29). The van der Waals surface area contributed by atoms with Crippen molar-refractivity contribution in [2.75, 3.05) is 33.3 Å². The Bertz CT molecular complexity index is 764. The second-order valence-corrected chi connectivity index (χ2v) is 9.03. The lowest BCUT2D eigenvalue weighted by Gasteiger charge is -2.37. The van der Waals surface area contributed by atoms with E-state index in [1.807, 2.05) is 23.6 Å². The highest BCUT2D eigenvalue weighted by molar-refractivity contribution is 5.97. The van der Waals surface area contributed by atoms with Gasteiger partial charge in [-0.2, -0.15) is 0 Å². The summed E-state index contributed by atoms with van der Waals surface area (Å²) >= 11 is 0. The minimum atomic E-state index is -0.560. The molecule has 31 heavy (non-hydrogen) atoms. The lowest BCUT2D eigenvalue weighted by molar-refractivity contribution is -0.135. The first-order chi connectivity index (χ1) is 14.9. The first kappa shape index (κ1) is 23.1. The Hall–Kier alpha value is -2.57. The Balaban J connectivity index is 1.68. The highest BCUT2D eigenvalue weighted by atomic mass is 16.5. The van der Waals surface area contributed by atoms with Gasteiger partial charge in [0.1, 0.15) is 11.8 Å². The molecule has 0 saturated carbocycles. The fraction of sp³-hybridized carbons (Fsp3) is 0.625. The molecule has 7 nitrogen and oxygen atoms in total. The zero-order valence-corrected chi connectivity index (χ0v) is 18.9. The van der Waals surface area contributed by atoms with Crippen molar-refractivity contribution >= 4 is 17.7 Å². The molecule has 0 spiro atoms. The number of likely N-dealkylation sites (tertiary alicyclic amines) is 2. The quantitative estimate of drug-likeness (QED) is 0.723. The van der Waals surface area contributed by atoms with Gasteiger partial charge in [0, 0.05) is 38.2 Å². The first-order valence-electron chi connectivity index (χ1n) is 11.4. The van der Waals surface area contributed by atoms with Gasteiger partial charge in [-0.3, -0.25) is 14.4 Å². The van der Waals surface area contributed by atoms with Crippen molar-refractivity contribution in [1.29, 1.82) is 0 Å². The van der Waals surface area contributed by atoms with Crippen molar-refractivity contribution in [3.05, 3.63) is 29.8 Å². The van der Waals surface area contributed by atoms with E-state index in [0.29, 0.717) is 36.7 Å². The van der Waals surface area contributed by atoms with Crippen molar-refractivity contribution in [2.45, 2.75) is 52.0 Å². The Labute approximate surface area is 185 Å². The van der Waals surface area contributed by atoms with E-state index in [2.05, 4.69) is 5.32 Å². The van der Waals surface area contributed by atoms with Crippen LogP contribution in [0.15, 0.2) is 24.3 Å². The molecule has 170 valence electrons. The van der Waals surface area contributed by atoms with Crippen LogP contribution in [0.25, 0.3) is 0 Å². The van der Waals surface area contributed by atoms with Crippen molar-refractivity contribution in [1.82, 2.24) is 15.1 Å². The molecular weight excluding hydrogens is 394 g/mol. The second kappa shape index (κ2) is 10.6. The van der Waals surface area contributed by atoms with Gasteiger partial charge in [0.15, 0.2) is 0 Å². The van der Waals surface area contributed by atoms with E-state index in [4.69, 9.17) is 4.74 Å². The molecular formula is C24H35N3O4. The third kappa shape index (κ3) is 5.99. The van der Waals surface area contributed by atoms with Crippen LogP contribution in [0, 0.1) is 11.8 Å². The highest BCUT2D eigenvalue weighted by Gasteiger charge is 2.36. The molecule has 0 bridgehead atoms. The number of nitrogens with zero attached hydrogens (tertiary/aromatic N) is 2. The van der Waals surface area contributed by atoms with Gasteiger partial charge >= 0.3 is 0 Å². The molecule has 1 aromatic carbocycles. The maximum Gasteiger partial charge on any atom is 0.251 e. The number of carbonyl (C=O) groups is 3. The average molecular weight is 430 g/mol. The fourth-order valence-corrected chi connectivity index (χ4v) is 4.44. The van der Waals surface area contributed by atoms with Crippen LogP contribution in [0.5, 0.6) is 5.75 Å². The molecule has 7 heteroatoms. The molecule has 1 unspecified atom stereocenters. The molecule has 0 aromatic heterocycles. The highest BCUT2D eigenvalue weighted by Crippen LogP contribution is 2.25. The number of nitrogens with one attached hydrogen (secondary N) is 1. The van der Waals surface area contributed by atoms with E-state index in [-0.39, 0.29) is 23.6 Å². The summed E-state index contributed by atoms with van der Waals surface area (Å²) in [6, 6.07) is 6.34. The molecule has 2 fully saturated rings. The number of hydrogen-bond donors (Lipinski definition) is 1. The molecule has 1 aromatic rings. The van der Waals surface area contributed by atoms with E-state index < -0.39 is 6.04 Å². The molecule has 2 heterocycles. The van der Waals surface area contributed by atoms with E-state index in [9.17, 15) is 14.4 Å². The summed E-state index contributed by atoms with van der Waals surface area (Å²) in [6.07, 6.45) is 4.00. The number of methoxy groups -OCH3 is 1. The molecule has 1 N–H and O–H groups in total. The monoisotopic (exact) mass is 429 g/mol. The molecule has 0 aliphatic carbocycles. The van der Waals surface area contributed by atoms with Gasteiger partial charge in [-0.1, -0.05) is 13.8 Å². The van der Waals surface area contributed by atoms with Gasteiger partial charge in [-0.05, 0) is 61.8 Å². The minimum absolute atomic E-state index is 0.00585. The van der Waals surface area contributed by atoms with Crippen LogP contribution in [0.1, 0.15) is 56.3 Å². The normalized spacial score (nSPS) is 18.2. The zero-order valence-electron chi connectivity index (χ0n) is 18.9. The molecule has 3 rings (SSSR count). The summed E-state index contributed by atoms with van der Waals surface area (Å²) in [5, 5.41) is 3.02. The smallest absolute Gasteiger partial charge is 0.251 e. The third-order valence-corrected chi connectivity index (χ3v) is 6.27. The summed E-state index contributed by atoms with van der Waals surface area (Å²) in [6.45, 7) is 6.87. The molecule has 2 aliphatic rings. The number of amides is 3. The number of carbonyl (C=O) groups excluding carboxylic acids is 3. The summed E-state index contributed by atoms with van der Waals surface area (Å²) in [5.74, 6) is 0.972. The van der Waals surface area contributed by atoms with Gasteiger partial charge < -0.3 is 19.9 Å². The summed E-state index contributed by atoms with van der Waals surface area (Å²) < 4.78 is 5.16.